The molecular weight excluding hydrogens is 246 g/mol. The van der Waals surface area contributed by atoms with Crippen molar-refractivity contribution in [2.24, 2.45) is 5.73 Å². The number of amides is 2. The van der Waals surface area contributed by atoms with Crippen LogP contribution >= 0.6 is 12.6 Å². The Bertz CT molecular complexity index is 298. The lowest BCUT2D eigenvalue weighted by atomic mass is 10.1. The molecule has 0 saturated carbocycles. The molecule has 2 atom stereocenters. The quantitative estimate of drug-likeness (QED) is 0.352. The summed E-state index contributed by atoms with van der Waals surface area (Å²) in [6.07, 6.45) is -0.0249. The number of carbonyl (C=O) groups excluding carboxylic acids is 2. The van der Waals surface area contributed by atoms with Crippen molar-refractivity contribution in [2.75, 3.05) is 12.8 Å². The van der Waals surface area contributed by atoms with Gasteiger partial charge in [-0.1, -0.05) is 0 Å². The Morgan fingerprint density at radius 2 is 2.00 bits per heavy atom. The summed E-state index contributed by atoms with van der Waals surface area (Å²) < 4.78 is 0. The molecule has 2 unspecified atom stereocenters. The van der Waals surface area contributed by atoms with Crippen molar-refractivity contribution in [1.82, 2.24) is 10.6 Å². The molecule has 0 aliphatic heterocycles. The molecule has 0 aromatic heterocycles. The Hall–Kier alpha value is -1.28. The molecule has 0 aliphatic carbocycles. The van der Waals surface area contributed by atoms with Crippen LogP contribution in [0.5, 0.6) is 0 Å². The maximum absolute atomic E-state index is 11.4. The van der Waals surface area contributed by atoms with Crippen molar-refractivity contribution >= 4 is 30.4 Å². The zero-order valence-corrected chi connectivity index (χ0v) is 10.4. The van der Waals surface area contributed by atoms with Crippen LogP contribution in [0, 0.1) is 0 Å². The van der Waals surface area contributed by atoms with E-state index in [1.165, 1.54) is 7.05 Å². The van der Waals surface area contributed by atoms with Crippen LogP contribution in [0.15, 0.2) is 0 Å². The first-order valence-electron chi connectivity index (χ1n) is 5.02. The van der Waals surface area contributed by atoms with Gasteiger partial charge in [0, 0.05) is 19.2 Å². The summed E-state index contributed by atoms with van der Waals surface area (Å²) in [6, 6.07) is -1.80. The zero-order chi connectivity index (χ0) is 13.4. The number of likely N-dealkylation sites (N-methyl/N-ethyl adjacent to an activating group) is 1. The number of rotatable bonds is 7. The Labute approximate surface area is 105 Å². The minimum absolute atomic E-state index is 0.0220. The maximum Gasteiger partial charge on any atom is 0.320 e. The van der Waals surface area contributed by atoms with E-state index in [-0.39, 0.29) is 24.5 Å². The fraction of sp³-hybridized carbons (Fsp3) is 0.667. The predicted octanol–water partition coefficient (Wildman–Crippen LogP) is -1.66. The van der Waals surface area contributed by atoms with Crippen LogP contribution in [-0.2, 0) is 14.4 Å². The molecule has 0 spiro atoms. The van der Waals surface area contributed by atoms with Crippen LogP contribution in [-0.4, -0.2) is 47.8 Å². The molecule has 0 aromatic carbocycles. The summed E-state index contributed by atoms with van der Waals surface area (Å²) in [7, 11) is 1.45. The topological polar surface area (TPSA) is 122 Å². The van der Waals surface area contributed by atoms with Gasteiger partial charge in [-0.2, -0.15) is 12.6 Å². The first kappa shape index (κ1) is 15.7. The highest BCUT2D eigenvalue weighted by molar-refractivity contribution is 7.80. The highest BCUT2D eigenvalue weighted by atomic mass is 32.1. The van der Waals surface area contributed by atoms with Crippen molar-refractivity contribution in [3.8, 4) is 0 Å². The summed E-state index contributed by atoms with van der Waals surface area (Å²) in [5, 5.41) is 13.3. The van der Waals surface area contributed by atoms with Crippen LogP contribution < -0.4 is 16.4 Å². The summed E-state index contributed by atoms with van der Waals surface area (Å²) >= 11 is 3.93. The number of hydrogen-bond acceptors (Lipinski definition) is 5. The smallest absolute Gasteiger partial charge is 0.320 e. The molecule has 0 rings (SSSR count). The third-order valence-electron chi connectivity index (χ3n) is 2.08. The average molecular weight is 263 g/mol. The monoisotopic (exact) mass is 263 g/mol. The van der Waals surface area contributed by atoms with Crippen LogP contribution in [0.25, 0.3) is 0 Å². The van der Waals surface area contributed by atoms with Gasteiger partial charge in [0.15, 0.2) is 0 Å². The number of carboxylic acid groups (broad SMARTS) is 1. The van der Waals surface area contributed by atoms with Crippen molar-refractivity contribution in [3.63, 3.8) is 0 Å². The number of carbonyl (C=O) groups is 3. The van der Waals surface area contributed by atoms with Gasteiger partial charge in [-0.3, -0.25) is 14.4 Å². The van der Waals surface area contributed by atoms with Gasteiger partial charge < -0.3 is 21.5 Å². The molecule has 17 heavy (non-hydrogen) atoms. The molecule has 0 aliphatic rings. The van der Waals surface area contributed by atoms with Gasteiger partial charge in [-0.15, -0.1) is 0 Å². The maximum atomic E-state index is 11.4. The molecule has 0 bridgehead atoms. The predicted molar refractivity (Wildman–Crippen MR) is 64.7 cm³/mol. The average Bonchev–Trinajstić information content (AvgIpc) is 2.31. The van der Waals surface area contributed by atoms with E-state index in [0.29, 0.717) is 0 Å². The molecule has 0 aromatic rings. The minimum atomic E-state index is -1.16. The summed E-state index contributed by atoms with van der Waals surface area (Å²) in [5.74, 6) is -1.77. The van der Waals surface area contributed by atoms with E-state index < -0.39 is 24.0 Å². The molecule has 0 radical (unpaired) electrons. The number of carboxylic acids is 1. The Morgan fingerprint density at radius 3 is 2.41 bits per heavy atom. The van der Waals surface area contributed by atoms with Crippen molar-refractivity contribution in [3.05, 3.63) is 0 Å². The van der Waals surface area contributed by atoms with E-state index >= 15 is 0 Å². The Balaban J connectivity index is 4.08. The van der Waals surface area contributed by atoms with Crippen LogP contribution in [0.2, 0.25) is 0 Å². The van der Waals surface area contributed by atoms with Gasteiger partial charge in [0.05, 0.1) is 0 Å². The highest BCUT2D eigenvalue weighted by Gasteiger charge is 2.19. The zero-order valence-electron chi connectivity index (χ0n) is 9.47. The van der Waals surface area contributed by atoms with Crippen LogP contribution in [0.3, 0.4) is 0 Å². The molecular formula is C9H17N3O4S. The van der Waals surface area contributed by atoms with E-state index in [0.717, 1.165) is 0 Å². The summed E-state index contributed by atoms with van der Waals surface area (Å²) in [4.78, 5) is 33.0. The normalized spacial score (nSPS) is 13.6. The molecule has 2 amide bonds. The van der Waals surface area contributed by atoms with Crippen molar-refractivity contribution in [1.29, 1.82) is 0 Å². The van der Waals surface area contributed by atoms with Crippen LogP contribution in [0.4, 0.5) is 0 Å². The lowest BCUT2D eigenvalue weighted by Gasteiger charge is -2.15. The molecule has 7 nitrogen and oxygen atoms in total. The molecule has 0 fully saturated rings. The second kappa shape index (κ2) is 7.91. The number of nitrogens with one attached hydrogen (secondary N) is 2. The first-order chi connectivity index (χ1) is 7.92. The molecule has 5 N–H and O–H groups in total. The van der Waals surface area contributed by atoms with E-state index in [2.05, 4.69) is 23.3 Å². The van der Waals surface area contributed by atoms with Gasteiger partial charge in [0.2, 0.25) is 11.8 Å². The van der Waals surface area contributed by atoms with E-state index in [9.17, 15) is 14.4 Å². The first-order valence-corrected chi connectivity index (χ1v) is 5.65. The van der Waals surface area contributed by atoms with E-state index in [1.54, 1.807) is 0 Å². The molecule has 98 valence electrons. The van der Waals surface area contributed by atoms with Gasteiger partial charge >= 0.3 is 5.97 Å². The largest absolute Gasteiger partial charge is 0.480 e. The van der Waals surface area contributed by atoms with E-state index in [4.69, 9.17) is 10.8 Å². The van der Waals surface area contributed by atoms with Crippen LogP contribution in [0.1, 0.15) is 12.8 Å². The summed E-state index contributed by atoms with van der Waals surface area (Å²) in [5.41, 5.74) is 5.24. The molecule has 0 saturated heterocycles. The SMILES string of the molecule is CNC(=O)C(CS)NC(=O)CCC(N)C(=O)O. The fourth-order valence-electron chi connectivity index (χ4n) is 1.04. The van der Waals surface area contributed by atoms with Gasteiger partial charge in [-0.25, -0.2) is 0 Å². The fourth-order valence-corrected chi connectivity index (χ4v) is 1.30. The second-order valence-electron chi connectivity index (χ2n) is 3.40. The van der Waals surface area contributed by atoms with Gasteiger partial charge in [0.25, 0.3) is 0 Å². The van der Waals surface area contributed by atoms with Gasteiger partial charge in [0.1, 0.15) is 12.1 Å². The third-order valence-corrected chi connectivity index (χ3v) is 2.45. The lowest BCUT2D eigenvalue weighted by molar-refractivity contribution is -0.138. The third kappa shape index (κ3) is 6.12. The number of hydrogen-bond donors (Lipinski definition) is 5. The van der Waals surface area contributed by atoms with Crippen molar-refractivity contribution in [2.45, 2.75) is 24.9 Å². The number of nitrogens with two attached hydrogens (primary N) is 1. The number of thiol groups is 1. The minimum Gasteiger partial charge on any atom is -0.480 e. The Kier molecular flexibility index (Phi) is 7.31. The molecule has 0 heterocycles. The van der Waals surface area contributed by atoms with Gasteiger partial charge in [-0.05, 0) is 6.42 Å². The standard InChI is InChI=1S/C9H17N3O4S/c1-11-8(14)6(4-17)12-7(13)3-2-5(10)9(15)16/h5-6,17H,2-4,10H2,1H3,(H,11,14)(H,12,13)(H,15,16). The summed E-state index contributed by atoms with van der Waals surface area (Å²) in [6.45, 7) is 0. The van der Waals surface area contributed by atoms with Crippen molar-refractivity contribution < 1.29 is 19.5 Å². The second-order valence-corrected chi connectivity index (χ2v) is 3.77. The lowest BCUT2D eigenvalue weighted by Crippen LogP contribution is -2.47. The highest BCUT2D eigenvalue weighted by Crippen LogP contribution is 1.97. The Morgan fingerprint density at radius 1 is 1.41 bits per heavy atom. The molecule has 8 heteroatoms. The number of aliphatic carboxylic acids is 1. The van der Waals surface area contributed by atoms with E-state index in [1.807, 2.05) is 0 Å².